The van der Waals surface area contributed by atoms with E-state index >= 15 is 0 Å². The number of carbonyl (C=O) groups is 4. The first-order chi connectivity index (χ1) is 23.2. The number of imide groups is 2. The molecular formula is C39H42N4O4S2. The highest BCUT2D eigenvalue weighted by atomic mass is 32.2. The second kappa shape index (κ2) is 14.9. The molecule has 49 heavy (non-hydrogen) atoms. The van der Waals surface area contributed by atoms with Crippen molar-refractivity contribution in [2.45, 2.75) is 70.3 Å². The van der Waals surface area contributed by atoms with Crippen LogP contribution in [0.3, 0.4) is 0 Å². The highest BCUT2D eigenvalue weighted by Gasteiger charge is 2.45. The highest BCUT2D eigenvalue weighted by molar-refractivity contribution is 8.15. The molecular weight excluding hydrogens is 653 g/mol. The molecule has 2 N–H and O–H groups in total. The van der Waals surface area contributed by atoms with Crippen LogP contribution in [-0.2, 0) is 12.8 Å². The number of urea groups is 2. The summed E-state index contributed by atoms with van der Waals surface area (Å²) >= 11 is 2.56. The van der Waals surface area contributed by atoms with Gasteiger partial charge in [-0.25, -0.2) is 19.4 Å². The monoisotopic (exact) mass is 694 g/mol. The summed E-state index contributed by atoms with van der Waals surface area (Å²) < 4.78 is -0.273. The highest BCUT2D eigenvalue weighted by Crippen LogP contribution is 2.32. The van der Waals surface area contributed by atoms with Gasteiger partial charge in [0.25, 0.3) is 10.5 Å². The lowest BCUT2D eigenvalue weighted by Crippen LogP contribution is -2.64. The predicted octanol–water partition coefficient (Wildman–Crippen LogP) is 11.0. The minimum Gasteiger partial charge on any atom is -0.317 e. The van der Waals surface area contributed by atoms with E-state index < -0.39 is 12.1 Å². The van der Waals surface area contributed by atoms with Crippen LogP contribution in [-0.4, -0.2) is 32.0 Å². The molecule has 4 aromatic rings. The van der Waals surface area contributed by atoms with E-state index in [1.54, 1.807) is 24.3 Å². The first-order valence-corrected chi connectivity index (χ1v) is 17.9. The maximum Gasteiger partial charge on any atom is 0.345 e. The van der Waals surface area contributed by atoms with Crippen molar-refractivity contribution in [3.05, 3.63) is 119 Å². The molecule has 10 heteroatoms. The van der Waals surface area contributed by atoms with Crippen molar-refractivity contribution in [2.75, 3.05) is 20.4 Å². The minimum absolute atomic E-state index is 0.0708. The second-order valence-corrected chi connectivity index (χ2v) is 17.1. The molecule has 8 nitrogen and oxygen atoms in total. The molecule has 254 valence electrons. The van der Waals surface area contributed by atoms with E-state index in [-0.39, 0.29) is 20.0 Å². The average Bonchev–Trinajstić information content (AvgIpc) is 3.04. The summed E-state index contributed by atoms with van der Waals surface area (Å²) in [6.45, 7) is 12.2. The Morgan fingerprint density at radius 1 is 0.551 bits per heavy atom. The molecule has 1 fully saturated rings. The summed E-state index contributed by atoms with van der Waals surface area (Å²) in [6.07, 6.45) is 2.24. The molecule has 0 atom stereocenters. The molecule has 6 amide bonds. The van der Waals surface area contributed by atoms with Crippen LogP contribution in [0.15, 0.2) is 97.1 Å². The molecule has 0 bridgehead atoms. The number of anilines is 4. The third kappa shape index (κ3) is 9.55. The molecule has 1 aliphatic rings. The summed E-state index contributed by atoms with van der Waals surface area (Å²) in [6, 6.07) is 29.5. The van der Waals surface area contributed by atoms with E-state index in [0.29, 0.717) is 24.2 Å². The first kappa shape index (κ1) is 35.8. The molecule has 0 unspecified atom stereocenters. The van der Waals surface area contributed by atoms with Crippen LogP contribution in [0.25, 0.3) is 0 Å². The fraction of sp³-hybridized carbons (Fsp3) is 0.282. The SMILES string of the molecule is CCC(C)(C)SC(=O)Nc1ccc(Cc2ccc(N3C(=O)N(c4ccc(Cc5ccc(NC(=O)SC(C)(C)C)cc5)cc4)C3=O)cc2)cc1. The molecule has 5 rings (SSSR count). The lowest BCUT2D eigenvalue weighted by atomic mass is 10.0. The molecule has 0 spiro atoms. The van der Waals surface area contributed by atoms with Gasteiger partial charge in [0.15, 0.2) is 0 Å². The largest absolute Gasteiger partial charge is 0.345 e. The molecule has 0 aromatic heterocycles. The zero-order valence-electron chi connectivity index (χ0n) is 28.7. The van der Waals surface area contributed by atoms with Crippen LogP contribution in [0.1, 0.15) is 70.2 Å². The number of thioether (sulfide) groups is 2. The molecule has 0 saturated carbocycles. The Labute approximate surface area is 297 Å². The molecule has 4 aromatic carbocycles. The van der Waals surface area contributed by atoms with Gasteiger partial charge in [-0.05, 0) is 90.0 Å². The maximum atomic E-state index is 13.1. The van der Waals surface area contributed by atoms with Crippen LogP contribution < -0.4 is 20.4 Å². The summed E-state index contributed by atoms with van der Waals surface area (Å²) in [4.78, 5) is 53.0. The van der Waals surface area contributed by atoms with Gasteiger partial charge >= 0.3 is 12.1 Å². The van der Waals surface area contributed by atoms with Crippen LogP contribution in [0.4, 0.5) is 41.9 Å². The van der Waals surface area contributed by atoms with Crippen molar-refractivity contribution in [3.63, 3.8) is 0 Å². The second-order valence-electron chi connectivity index (χ2n) is 13.6. The zero-order valence-corrected chi connectivity index (χ0v) is 30.3. The van der Waals surface area contributed by atoms with Crippen LogP contribution >= 0.6 is 23.5 Å². The third-order valence-electron chi connectivity index (χ3n) is 7.99. The van der Waals surface area contributed by atoms with Gasteiger partial charge in [-0.3, -0.25) is 9.59 Å². The predicted molar refractivity (Wildman–Crippen MR) is 204 cm³/mol. The van der Waals surface area contributed by atoms with Gasteiger partial charge in [-0.1, -0.05) is 114 Å². The number of rotatable bonds is 10. The normalized spacial score (nSPS) is 13.3. The Kier molecular flexibility index (Phi) is 10.9. The van der Waals surface area contributed by atoms with Crippen LogP contribution in [0, 0.1) is 0 Å². The summed E-state index contributed by atoms with van der Waals surface area (Å²) in [7, 11) is 0. The Morgan fingerprint density at radius 2 is 0.878 bits per heavy atom. The van der Waals surface area contributed by atoms with E-state index in [0.717, 1.165) is 40.0 Å². The number of hydrogen-bond donors (Lipinski definition) is 2. The Balaban J connectivity index is 1.12. The average molecular weight is 695 g/mol. The number of nitrogens with zero attached hydrogens (tertiary/aromatic N) is 2. The van der Waals surface area contributed by atoms with Crippen molar-refractivity contribution in [2.24, 2.45) is 0 Å². The lowest BCUT2D eigenvalue weighted by molar-refractivity contribution is 0.226. The van der Waals surface area contributed by atoms with Gasteiger partial charge in [0.2, 0.25) is 0 Å². The molecule has 1 heterocycles. The van der Waals surface area contributed by atoms with Gasteiger partial charge in [0.1, 0.15) is 0 Å². The van der Waals surface area contributed by atoms with Crippen molar-refractivity contribution < 1.29 is 19.2 Å². The minimum atomic E-state index is -0.397. The number of carbonyl (C=O) groups excluding carboxylic acids is 4. The van der Waals surface area contributed by atoms with E-state index in [2.05, 4.69) is 31.4 Å². The smallest absolute Gasteiger partial charge is 0.317 e. The Hall–Kier alpha value is -4.54. The molecule has 0 aliphatic carbocycles. The summed E-state index contributed by atoms with van der Waals surface area (Å²) in [5, 5.41) is 5.69. The standard InChI is InChI=1S/C39H42N4O4S2/c1-7-39(5,6)49-35(45)41-31-18-10-27(11-19-31)25-29-14-22-33(23-15-29)43-36(46)42(37(43)47)32-20-12-28(13-21-32)24-26-8-16-30(17-9-26)40-34(44)48-38(2,3)4/h8-23H,7,24-25H2,1-6H3,(H,40,44)(H,41,45). The Bertz CT molecular complexity index is 1800. The van der Waals surface area contributed by atoms with Gasteiger partial charge in [0.05, 0.1) is 11.4 Å². The topological polar surface area (TPSA) is 98.8 Å². The van der Waals surface area contributed by atoms with Crippen molar-refractivity contribution in [3.8, 4) is 0 Å². The van der Waals surface area contributed by atoms with Crippen molar-refractivity contribution in [1.29, 1.82) is 0 Å². The quantitative estimate of drug-likeness (QED) is 0.171. The van der Waals surface area contributed by atoms with Gasteiger partial charge in [0, 0.05) is 20.9 Å². The molecule has 1 aliphatic heterocycles. The van der Waals surface area contributed by atoms with Gasteiger partial charge in [-0.15, -0.1) is 0 Å². The zero-order chi connectivity index (χ0) is 35.3. The van der Waals surface area contributed by atoms with E-state index in [4.69, 9.17) is 0 Å². The van der Waals surface area contributed by atoms with E-state index in [1.807, 2.05) is 93.6 Å². The molecule has 1 saturated heterocycles. The van der Waals surface area contributed by atoms with E-state index in [1.165, 1.54) is 33.3 Å². The summed E-state index contributed by atoms with van der Waals surface area (Å²) in [5.74, 6) is 0. The fourth-order valence-electron chi connectivity index (χ4n) is 5.06. The van der Waals surface area contributed by atoms with Crippen molar-refractivity contribution >= 4 is 68.8 Å². The number of benzene rings is 4. The van der Waals surface area contributed by atoms with Crippen LogP contribution in [0.5, 0.6) is 0 Å². The van der Waals surface area contributed by atoms with Crippen molar-refractivity contribution in [1.82, 2.24) is 0 Å². The number of nitrogens with one attached hydrogen (secondary N) is 2. The molecule has 0 radical (unpaired) electrons. The van der Waals surface area contributed by atoms with Gasteiger partial charge in [-0.2, -0.15) is 0 Å². The third-order valence-corrected chi connectivity index (χ3v) is 10.0. The first-order valence-electron chi connectivity index (χ1n) is 16.2. The summed E-state index contributed by atoms with van der Waals surface area (Å²) in [5.41, 5.74) is 6.76. The lowest BCUT2D eigenvalue weighted by Gasteiger charge is -2.38. The fourth-order valence-corrected chi connectivity index (χ4v) is 6.60. The maximum absolute atomic E-state index is 13.1. The number of hydrogen-bond acceptors (Lipinski definition) is 6. The van der Waals surface area contributed by atoms with Gasteiger partial charge < -0.3 is 10.6 Å². The Morgan fingerprint density at radius 3 is 1.20 bits per heavy atom. The van der Waals surface area contributed by atoms with Crippen LogP contribution in [0.2, 0.25) is 0 Å². The number of amides is 6. The van der Waals surface area contributed by atoms with E-state index in [9.17, 15) is 19.2 Å².